The molecule has 0 unspecified atom stereocenters. The molecular formula is C10H11N3O3. The molecule has 0 bridgehead atoms. The van der Waals surface area contributed by atoms with Gasteiger partial charge in [0.15, 0.2) is 11.5 Å². The molecule has 16 heavy (non-hydrogen) atoms. The predicted octanol–water partition coefficient (Wildman–Crippen LogP) is 0.390. The Bertz CT molecular complexity index is 433. The summed E-state index contributed by atoms with van der Waals surface area (Å²) in [5.41, 5.74) is 0.0836. The van der Waals surface area contributed by atoms with Crippen LogP contribution in [0, 0.1) is 0 Å². The zero-order chi connectivity index (χ0) is 11.5. The van der Waals surface area contributed by atoms with Gasteiger partial charge in [0.05, 0.1) is 7.11 Å². The molecule has 1 aliphatic rings. The molecule has 84 valence electrons. The first-order valence-electron chi connectivity index (χ1n) is 4.93. The highest BCUT2D eigenvalue weighted by Crippen LogP contribution is 2.21. The number of nitrogens with zero attached hydrogens (tertiary/aromatic N) is 3. The number of hydrogen-bond donors (Lipinski definition) is 0. The second kappa shape index (κ2) is 4.26. The number of esters is 1. The van der Waals surface area contributed by atoms with Crippen LogP contribution in [0.25, 0.3) is 0 Å². The molecule has 6 nitrogen and oxygen atoms in total. The van der Waals surface area contributed by atoms with Gasteiger partial charge in [-0.2, -0.15) is 0 Å². The highest BCUT2D eigenvalue weighted by Gasteiger charge is 2.28. The Balaban J connectivity index is 2.40. The lowest BCUT2D eigenvalue weighted by Gasteiger charge is -2.15. The molecule has 0 aromatic carbocycles. The van der Waals surface area contributed by atoms with Gasteiger partial charge in [0.1, 0.15) is 0 Å². The molecule has 0 saturated carbocycles. The third-order valence-corrected chi connectivity index (χ3v) is 2.39. The Kier molecular flexibility index (Phi) is 2.80. The first kappa shape index (κ1) is 10.5. The SMILES string of the molecule is COC(=O)c1nccnc1N1CCCC1=O. The maximum absolute atomic E-state index is 11.5. The Morgan fingerprint density at radius 3 is 2.81 bits per heavy atom. The first-order valence-corrected chi connectivity index (χ1v) is 4.93. The zero-order valence-electron chi connectivity index (χ0n) is 8.84. The third kappa shape index (κ3) is 1.73. The monoisotopic (exact) mass is 221 g/mol. The van der Waals surface area contributed by atoms with Crippen LogP contribution in [0.2, 0.25) is 0 Å². The molecule has 0 atom stereocenters. The van der Waals surface area contributed by atoms with E-state index in [0.717, 1.165) is 6.42 Å². The number of anilines is 1. The molecule has 1 amide bonds. The molecule has 1 fully saturated rings. The van der Waals surface area contributed by atoms with Crippen LogP contribution in [0.5, 0.6) is 0 Å². The molecule has 1 aromatic rings. The summed E-state index contributed by atoms with van der Waals surface area (Å²) < 4.78 is 4.59. The van der Waals surface area contributed by atoms with Crippen molar-refractivity contribution < 1.29 is 14.3 Å². The highest BCUT2D eigenvalue weighted by atomic mass is 16.5. The Hall–Kier alpha value is -1.98. The van der Waals surface area contributed by atoms with E-state index in [-0.39, 0.29) is 17.4 Å². The van der Waals surface area contributed by atoms with Crippen LogP contribution >= 0.6 is 0 Å². The predicted molar refractivity (Wildman–Crippen MR) is 55.0 cm³/mol. The van der Waals surface area contributed by atoms with Gasteiger partial charge in [0.2, 0.25) is 5.91 Å². The van der Waals surface area contributed by atoms with Gasteiger partial charge in [-0.15, -0.1) is 0 Å². The van der Waals surface area contributed by atoms with Crippen molar-refractivity contribution in [3.8, 4) is 0 Å². The second-order valence-corrected chi connectivity index (χ2v) is 3.37. The quantitative estimate of drug-likeness (QED) is 0.675. The van der Waals surface area contributed by atoms with Gasteiger partial charge >= 0.3 is 5.97 Å². The average Bonchev–Trinajstić information content (AvgIpc) is 2.74. The summed E-state index contributed by atoms with van der Waals surface area (Å²) in [6.45, 7) is 0.571. The number of ether oxygens (including phenoxy) is 1. The van der Waals surface area contributed by atoms with E-state index in [4.69, 9.17) is 0 Å². The van der Waals surface area contributed by atoms with Gasteiger partial charge in [0.25, 0.3) is 0 Å². The normalized spacial score (nSPS) is 15.3. The van der Waals surface area contributed by atoms with E-state index in [1.807, 2.05) is 0 Å². The average molecular weight is 221 g/mol. The molecule has 2 heterocycles. The van der Waals surface area contributed by atoms with Crippen molar-refractivity contribution in [3.05, 3.63) is 18.1 Å². The van der Waals surface area contributed by atoms with E-state index in [0.29, 0.717) is 13.0 Å². The summed E-state index contributed by atoms with van der Waals surface area (Å²) >= 11 is 0. The Morgan fingerprint density at radius 2 is 2.19 bits per heavy atom. The van der Waals surface area contributed by atoms with Gasteiger partial charge in [-0.1, -0.05) is 0 Å². The molecule has 2 rings (SSSR count). The molecule has 6 heteroatoms. The zero-order valence-corrected chi connectivity index (χ0v) is 8.84. The molecule has 0 N–H and O–H groups in total. The van der Waals surface area contributed by atoms with Gasteiger partial charge < -0.3 is 4.74 Å². The lowest BCUT2D eigenvalue weighted by Crippen LogP contribution is -2.27. The van der Waals surface area contributed by atoms with Gasteiger partial charge in [0, 0.05) is 25.4 Å². The van der Waals surface area contributed by atoms with Crippen molar-refractivity contribution in [2.24, 2.45) is 0 Å². The van der Waals surface area contributed by atoms with E-state index in [1.165, 1.54) is 24.4 Å². The molecule has 1 aliphatic heterocycles. The number of carbonyl (C=O) groups is 2. The van der Waals surface area contributed by atoms with Crippen LogP contribution in [0.3, 0.4) is 0 Å². The van der Waals surface area contributed by atoms with Gasteiger partial charge in [-0.05, 0) is 6.42 Å². The Morgan fingerprint density at radius 1 is 1.44 bits per heavy atom. The molecule has 1 aromatic heterocycles. The van der Waals surface area contributed by atoms with Crippen molar-refractivity contribution in [1.29, 1.82) is 0 Å². The standard InChI is InChI=1S/C10H11N3O3/c1-16-10(15)8-9(12-5-4-11-8)13-6-2-3-7(13)14/h4-5H,2-3,6H2,1H3. The smallest absolute Gasteiger partial charge is 0.360 e. The summed E-state index contributed by atoms with van der Waals surface area (Å²) in [6.07, 6.45) is 4.11. The lowest BCUT2D eigenvalue weighted by molar-refractivity contribution is -0.117. The minimum absolute atomic E-state index is 0.0364. The molecule has 0 aliphatic carbocycles. The number of amides is 1. The third-order valence-electron chi connectivity index (χ3n) is 2.39. The number of hydrogen-bond acceptors (Lipinski definition) is 5. The molecule has 1 saturated heterocycles. The number of aromatic nitrogens is 2. The fourth-order valence-electron chi connectivity index (χ4n) is 1.64. The Labute approximate surface area is 92.3 Å². The van der Waals surface area contributed by atoms with Crippen LogP contribution in [-0.2, 0) is 9.53 Å². The highest BCUT2D eigenvalue weighted by molar-refractivity contribution is 6.01. The minimum atomic E-state index is -0.581. The van der Waals surface area contributed by atoms with Crippen LogP contribution in [0.1, 0.15) is 23.3 Å². The first-order chi connectivity index (χ1) is 7.74. The van der Waals surface area contributed by atoms with E-state index in [2.05, 4.69) is 14.7 Å². The van der Waals surface area contributed by atoms with Crippen molar-refractivity contribution >= 4 is 17.7 Å². The summed E-state index contributed by atoms with van der Waals surface area (Å²) in [5, 5.41) is 0. The largest absolute Gasteiger partial charge is 0.464 e. The van der Waals surface area contributed by atoms with Crippen molar-refractivity contribution in [2.75, 3.05) is 18.6 Å². The fraction of sp³-hybridized carbons (Fsp3) is 0.400. The number of methoxy groups -OCH3 is 1. The molecule has 0 spiro atoms. The van der Waals surface area contributed by atoms with Crippen molar-refractivity contribution in [2.45, 2.75) is 12.8 Å². The maximum Gasteiger partial charge on any atom is 0.360 e. The van der Waals surface area contributed by atoms with E-state index in [9.17, 15) is 9.59 Å². The lowest BCUT2D eigenvalue weighted by atomic mass is 10.3. The van der Waals surface area contributed by atoms with Crippen LogP contribution in [0.15, 0.2) is 12.4 Å². The number of carbonyl (C=O) groups excluding carboxylic acids is 2. The second-order valence-electron chi connectivity index (χ2n) is 3.37. The van der Waals surface area contributed by atoms with Crippen molar-refractivity contribution in [3.63, 3.8) is 0 Å². The summed E-state index contributed by atoms with van der Waals surface area (Å²) in [7, 11) is 1.27. The van der Waals surface area contributed by atoms with Crippen molar-refractivity contribution in [1.82, 2.24) is 9.97 Å². The van der Waals surface area contributed by atoms with E-state index in [1.54, 1.807) is 0 Å². The van der Waals surface area contributed by atoms with Crippen LogP contribution < -0.4 is 4.90 Å². The van der Waals surface area contributed by atoms with E-state index >= 15 is 0 Å². The minimum Gasteiger partial charge on any atom is -0.464 e. The van der Waals surface area contributed by atoms with E-state index < -0.39 is 5.97 Å². The van der Waals surface area contributed by atoms with Gasteiger partial charge in [-0.25, -0.2) is 14.8 Å². The summed E-state index contributed by atoms with van der Waals surface area (Å²) in [6, 6.07) is 0. The topological polar surface area (TPSA) is 72.4 Å². The maximum atomic E-state index is 11.5. The number of rotatable bonds is 2. The summed E-state index contributed by atoms with van der Waals surface area (Å²) in [4.78, 5) is 32.4. The fourth-order valence-corrected chi connectivity index (χ4v) is 1.64. The molecule has 0 radical (unpaired) electrons. The van der Waals surface area contributed by atoms with Crippen LogP contribution in [0.4, 0.5) is 5.82 Å². The molecular weight excluding hydrogens is 210 g/mol. The summed E-state index contributed by atoms with van der Waals surface area (Å²) in [5.74, 6) is -0.328. The van der Waals surface area contributed by atoms with Gasteiger partial charge in [-0.3, -0.25) is 9.69 Å². The van der Waals surface area contributed by atoms with Crippen LogP contribution in [-0.4, -0.2) is 35.5 Å².